The molecule has 5 aromatic heterocycles. The van der Waals surface area contributed by atoms with E-state index in [2.05, 4.69) is 27.3 Å². The van der Waals surface area contributed by atoms with Gasteiger partial charge in [-0.05, 0) is 83.8 Å². The monoisotopic (exact) mass is 908 g/mol. The molecule has 0 atom stereocenters. The zero-order valence-corrected chi connectivity index (χ0v) is 36.5. The molecule has 0 bridgehead atoms. The Balaban J connectivity index is 1.17. The van der Waals surface area contributed by atoms with Crippen LogP contribution >= 0.6 is 0 Å². The van der Waals surface area contributed by atoms with Crippen molar-refractivity contribution in [1.82, 2.24) is 28.2 Å². The number of aromatic nitrogens is 6. The Morgan fingerprint density at radius 1 is 0.314 bits per heavy atom. The molecule has 0 saturated heterocycles. The molecule has 0 saturated carbocycles. The highest BCUT2D eigenvalue weighted by Crippen LogP contribution is 2.44. The Bertz CT molecular complexity index is 5180. The summed E-state index contributed by atoms with van der Waals surface area (Å²) in [6.45, 7) is 0. The standard InChI is InChI=1S/C64H40N6/c1-2-19-42(20-3-1)67-52-29-11-10-27-50(52)51-39-41(37-38-59(51)67)43-28-18-36-60(68-53-30-12-4-21-44(53)45-22-5-13-31-54(45)68)63(43)64-65-61(69-55-32-14-6-23-46(55)47-24-7-15-33-56(47)69)40-62(66-64)70-57-34-16-8-25-48(57)49-26-9-17-35-58(49)70/h1-40H/i6D,7D,8D,9D,14D,15D,16D,17D,23D,24D,25D,26D,32D,33D,34D,35D. The van der Waals surface area contributed by atoms with E-state index in [9.17, 15) is 11.0 Å². The molecule has 0 aliphatic heterocycles. The molecule has 0 aliphatic rings. The van der Waals surface area contributed by atoms with E-state index in [1.807, 2.05) is 121 Å². The van der Waals surface area contributed by atoms with E-state index >= 15 is 0 Å². The van der Waals surface area contributed by atoms with Crippen LogP contribution in [0.15, 0.2) is 242 Å². The van der Waals surface area contributed by atoms with Crippen molar-refractivity contribution >= 4 is 87.2 Å². The maximum absolute atomic E-state index is 9.57. The van der Waals surface area contributed by atoms with Gasteiger partial charge in [0.1, 0.15) is 11.6 Å². The van der Waals surface area contributed by atoms with E-state index < -0.39 is 96.7 Å². The van der Waals surface area contributed by atoms with E-state index in [1.54, 1.807) is 0 Å². The molecule has 0 fully saturated rings. The first kappa shape index (κ1) is 26.1. The van der Waals surface area contributed by atoms with Crippen LogP contribution in [0, 0.1) is 0 Å². The van der Waals surface area contributed by atoms with Gasteiger partial charge in [-0.2, -0.15) is 0 Å². The summed E-state index contributed by atoms with van der Waals surface area (Å²) in [6, 6.07) is 36.6. The van der Waals surface area contributed by atoms with Gasteiger partial charge in [-0.15, -0.1) is 0 Å². The minimum absolute atomic E-state index is 0.120. The molecule has 0 spiro atoms. The van der Waals surface area contributed by atoms with Gasteiger partial charge < -0.3 is 9.13 Å². The summed E-state index contributed by atoms with van der Waals surface area (Å²) in [5.41, 5.74) is 5.36. The molecular weight excluding hydrogens is 853 g/mol. The van der Waals surface area contributed by atoms with Gasteiger partial charge in [-0.1, -0.05) is 164 Å². The highest BCUT2D eigenvalue weighted by molar-refractivity contribution is 6.14. The molecule has 15 aromatic rings. The maximum atomic E-state index is 9.57. The van der Waals surface area contributed by atoms with Crippen molar-refractivity contribution < 1.29 is 21.9 Å². The number of hydrogen-bond donors (Lipinski definition) is 0. The van der Waals surface area contributed by atoms with Gasteiger partial charge in [0.2, 0.25) is 0 Å². The van der Waals surface area contributed by atoms with Crippen LogP contribution in [0.1, 0.15) is 21.9 Å². The number of para-hydroxylation sites is 8. The number of hydrogen-bond acceptors (Lipinski definition) is 2. The lowest BCUT2D eigenvalue weighted by molar-refractivity contribution is 0.991. The molecular formula is C64H40N6. The second-order valence-corrected chi connectivity index (χ2v) is 17.0. The summed E-state index contributed by atoms with van der Waals surface area (Å²) < 4.78 is 154. The van der Waals surface area contributed by atoms with Crippen LogP contribution in [0.3, 0.4) is 0 Å². The fourth-order valence-corrected chi connectivity index (χ4v) is 10.4. The topological polar surface area (TPSA) is 45.5 Å². The van der Waals surface area contributed by atoms with Crippen LogP contribution in [-0.2, 0) is 0 Å². The average Bonchev–Trinajstić information content (AvgIpc) is 1.56. The highest BCUT2D eigenvalue weighted by Gasteiger charge is 2.25. The van der Waals surface area contributed by atoms with Crippen LogP contribution < -0.4 is 0 Å². The van der Waals surface area contributed by atoms with Crippen LogP contribution in [-0.4, -0.2) is 28.2 Å². The van der Waals surface area contributed by atoms with Gasteiger partial charge >= 0.3 is 0 Å². The minimum Gasteiger partial charge on any atom is -0.309 e. The maximum Gasteiger partial charge on any atom is 0.166 e. The Morgan fingerprint density at radius 2 is 0.757 bits per heavy atom. The van der Waals surface area contributed by atoms with Crippen molar-refractivity contribution in [3.05, 3.63) is 242 Å². The van der Waals surface area contributed by atoms with Gasteiger partial charge in [0.05, 0.1) is 77.3 Å². The lowest BCUT2D eigenvalue weighted by Gasteiger charge is -2.19. The molecule has 10 aromatic carbocycles. The zero-order valence-electron chi connectivity index (χ0n) is 52.5. The highest BCUT2D eigenvalue weighted by atomic mass is 15.2. The van der Waals surface area contributed by atoms with Crippen molar-refractivity contribution in [3.8, 4) is 45.5 Å². The van der Waals surface area contributed by atoms with Crippen LogP contribution in [0.2, 0.25) is 0 Å². The van der Waals surface area contributed by atoms with Crippen molar-refractivity contribution in [2.75, 3.05) is 0 Å². The number of rotatable bonds is 6. The SMILES string of the molecule is [2H]c1c([2H])c([2H])c2c(c1[2H])c1c([2H])c([2H])c([2H])c([2H])c1n2-c1cc(-n2c3c([2H])c([2H])c([2H])c([2H])c3c3c([2H])c([2H])c([2H])c([2H])c32)nc(-c2c(-c3ccc4c(c3)c3ccccc3n4-c3ccccc3)cccc2-n2c3ccccc3c3ccccc32)n1. The van der Waals surface area contributed by atoms with Crippen molar-refractivity contribution in [1.29, 1.82) is 0 Å². The normalized spacial score (nSPS) is 15.2. The van der Waals surface area contributed by atoms with Gasteiger partial charge in [0.15, 0.2) is 5.82 Å². The van der Waals surface area contributed by atoms with E-state index in [1.165, 1.54) is 15.2 Å². The summed E-state index contributed by atoms with van der Waals surface area (Å²) in [6.07, 6.45) is 0. The molecule has 6 nitrogen and oxygen atoms in total. The third kappa shape index (κ3) is 5.56. The van der Waals surface area contributed by atoms with Crippen LogP contribution in [0.25, 0.3) is 133 Å². The van der Waals surface area contributed by atoms with E-state index in [4.69, 9.17) is 20.9 Å². The van der Waals surface area contributed by atoms with Gasteiger partial charge in [-0.3, -0.25) is 9.13 Å². The van der Waals surface area contributed by atoms with E-state index in [0.29, 0.717) is 22.4 Å². The molecule has 0 amide bonds. The van der Waals surface area contributed by atoms with Crippen molar-refractivity contribution in [2.24, 2.45) is 0 Å². The van der Waals surface area contributed by atoms with Crippen LogP contribution in [0.5, 0.6) is 0 Å². The minimum atomic E-state index is -0.686. The fourth-order valence-electron chi connectivity index (χ4n) is 10.4. The third-order valence-electron chi connectivity index (χ3n) is 13.3. The lowest BCUT2D eigenvalue weighted by atomic mass is 9.95. The Labute approximate surface area is 424 Å². The van der Waals surface area contributed by atoms with Gasteiger partial charge in [0.25, 0.3) is 0 Å². The zero-order chi connectivity index (χ0) is 59.8. The second kappa shape index (κ2) is 15.0. The first-order valence-electron chi connectivity index (χ1n) is 30.5. The molecule has 326 valence electrons. The predicted octanol–water partition coefficient (Wildman–Crippen LogP) is 16.2. The molecule has 0 N–H and O–H groups in total. The third-order valence-corrected chi connectivity index (χ3v) is 13.3. The van der Waals surface area contributed by atoms with Gasteiger partial charge in [-0.25, -0.2) is 9.97 Å². The Morgan fingerprint density at radius 3 is 1.29 bits per heavy atom. The van der Waals surface area contributed by atoms with Crippen LogP contribution in [0.4, 0.5) is 0 Å². The lowest BCUT2D eigenvalue weighted by Crippen LogP contribution is -2.08. The number of fused-ring (bicyclic) bond motifs is 12. The van der Waals surface area contributed by atoms with Crippen molar-refractivity contribution in [3.63, 3.8) is 0 Å². The van der Waals surface area contributed by atoms with E-state index in [0.717, 1.165) is 49.3 Å². The molecule has 0 unspecified atom stereocenters. The smallest absolute Gasteiger partial charge is 0.166 e. The van der Waals surface area contributed by atoms with Gasteiger partial charge in [0, 0.05) is 54.8 Å². The fraction of sp³-hybridized carbons (Fsp3) is 0. The summed E-state index contributed by atoms with van der Waals surface area (Å²) >= 11 is 0. The summed E-state index contributed by atoms with van der Waals surface area (Å²) in [7, 11) is 0. The van der Waals surface area contributed by atoms with E-state index in [-0.39, 0.29) is 61.1 Å². The Kier molecular flexibility index (Phi) is 5.60. The predicted molar refractivity (Wildman–Crippen MR) is 290 cm³/mol. The summed E-state index contributed by atoms with van der Waals surface area (Å²) in [4.78, 5) is 10.8. The molecule has 0 aliphatic carbocycles. The second-order valence-electron chi connectivity index (χ2n) is 17.0. The molecule has 5 heterocycles. The molecule has 15 rings (SSSR count). The summed E-state index contributed by atoms with van der Waals surface area (Å²) in [5.74, 6) is -0.618. The quantitative estimate of drug-likeness (QED) is 0.167. The first-order chi connectivity index (χ1) is 41.4. The molecule has 70 heavy (non-hydrogen) atoms. The van der Waals surface area contributed by atoms with Crippen molar-refractivity contribution in [2.45, 2.75) is 0 Å². The largest absolute Gasteiger partial charge is 0.309 e. The molecule has 0 radical (unpaired) electrons. The Hall–Kier alpha value is -9.52. The summed E-state index contributed by atoms with van der Waals surface area (Å²) in [5, 5.41) is 2.70. The first-order valence-corrected chi connectivity index (χ1v) is 22.5. The number of nitrogens with zero attached hydrogens (tertiary/aromatic N) is 6. The molecule has 6 heteroatoms. The number of benzene rings is 10. The average molecular weight is 909 g/mol.